The highest BCUT2D eigenvalue weighted by Gasteiger charge is 2.26. The molecule has 0 spiro atoms. The van der Waals surface area contributed by atoms with Crippen LogP contribution in [0.5, 0.6) is 17.2 Å². The summed E-state index contributed by atoms with van der Waals surface area (Å²) in [5.74, 6) is 3.12. The van der Waals surface area contributed by atoms with E-state index < -0.39 is 0 Å². The SMILES string of the molecule is CCC(N)CCN(C)CC(C)CN1C2=C(C=CCC=C2)Sc2ccc(OC)cc21.N=Cc1ccc(OCCCCCOc2ccc(C(=N)N)cc2)cc1. The molecule has 1 aliphatic carbocycles. The maximum absolute atomic E-state index is 7.34. The summed E-state index contributed by atoms with van der Waals surface area (Å²) in [6, 6.07) is 21.5. The van der Waals surface area contributed by atoms with Crippen LogP contribution in [0.3, 0.4) is 0 Å². The van der Waals surface area contributed by atoms with E-state index in [-0.39, 0.29) is 5.84 Å². The van der Waals surface area contributed by atoms with Crippen molar-refractivity contribution < 1.29 is 14.2 Å². The molecule has 0 radical (unpaired) electrons. The Kier molecular flexibility index (Phi) is 17.0. The fourth-order valence-corrected chi connectivity index (χ4v) is 7.11. The standard InChI is InChI=1S/C24H35N3OS.C19H23N3O2/c1-5-19(25)13-14-26(3)16-18(2)17-27-21-9-7-6-8-10-23(21)29-24-12-11-20(28-4)15-22(24)27;20-14-15-4-8-17(9-5-15)23-12-2-1-3-13-24-18-10-6-16(7-11-18)19(21)22/h7-12,15,18-19H,5-6,13-14,16-17,25H2,1-4H3;4-11,14,20H,1-3,12-13H2,(H3,21,22). The van der Waals surface area contributed by atoms with Crippen LogP contribution in [0.25, 0.3) is 0 Å². The molecule has 1 aliphatic heterocycles. The average Bonchev–Trinajstić information content (AvgIpc) is 3.42. The van der Waals surface area contributed by atoms with Crippen LogP contribution < -0.4 is 30.6 Å². The van der Waals surface area contributed by atoms with Gasteiger partial charge in [0.1, 0.15) is 23.1 Å². The van der Waals surface area contributed by atoms with Gasteiger partial charge < -0.3 is 40.9 Å². The molecule has 9 nitrogen and oxygen atoms in total. The van der Waals surface area contributed by atoms with Gasteiger partial charge in [0.2, 0.25) is 0 Å². The monoisotopic (exact) mass is 738 g/mol. The van der Waals surface area contributed by atoms with Crippen molar-refractivity contribution in [1.82, 2.24) is 4.90 Å². The lowest BCUT2D eigenvalue weighted by molar-refractivity contribution is 0.276. The lowest BCUT2D eigenvalue weighted by Crippen LogP contribution is -2.36. The predicted molar refractivity (Wildman–Crippen MR) is 222 cm³/mol. The number of thioether (sulfide) groups is 1. The van der Waals surface area contributed by atoms with Crippen LogP contribution in [0, 0.1) is 16.7 Å². The van der Waals surface area contributed by atoms with Crippen LogP contribution >= 0.6 is 11.8 Å². The number of methoxy groups -OCH3 is 1. The zero-order valence-electron chi connectivity index (χ0n) is 31.9. The van der Waals surface area contributed by atoms with Gasteiger partial charge in [-0.3, -0.25) is 5.41 Å². The molecule has 0 amide bonds. The van der Waals surface area contributed by atoms with Gasteiger partial charge in [0, 0.05) is 46.8 Å². The molecule has 0 saturated carbocycles. The first-order valence-electron chi connectivity index (χ1n) is 18.7. The molecular weight excluding hydrogens is 681 g/mol. The van der Waals surface area contributed by atoms with E-state index in [1.165, 1.54) is 27.4 Å². The van der Waals surface area contributed by atoms with Crippen molar-refractivity contribution in [2.75, 3.05) is 51.9 Å². The Bertz CT molecular complexity index is 1690. The first-order chi connectivity index (χ1) is 25.7. The number of nitrogens with one attached hydrogen (secondary N) is 2. The third-order valence-electron chi connectivity index (χ3n) is 9.10. The van der Waals surface area contributed by atoms with E-state index in [9.17, 15) is 0 Å². The number of nitrogens with two attached hydrogens (primary N) is 2. The second-order valence-electron chi connectivity index (χ2n) is 13.6. The molecule has 2 atom stereocenters. The second-order valence-corrected chi connectivity index (χ2v) is 14.7. The molecule has 53 heavy (non-hydrogen) atoms. The van der Waals surface area contributed by atoms with Crippen LogP contribution in [0.2, 0.25) is 0 Å². The van der Waals surface area contributed by atoms with Gasteiger partial charge in [0.25, 0.3) is 0 Å². The van der Waals surface area contributed by atoms with Crippen LogP contribution in [-0.4, -0.2) is 70.0 Å². The molecule has 3 aromatic carbocycles. The summed E-state index contributed by atoms with van der Waals surface area (Å²) in [5, 5.41) is 14.5. The molecule has 5 rings (SSSR count). The Morgan fingerprint density at radius 3 is 2.21 bits per heavy atom. The van der Waals surface area contributed by atoms with E-state index in [4.69, 9.17) is 36.5 Å². The number of amidine groups is 1. The molecule has 10 heteroatoms. The second kappa shape index (κ2) is 21.9. The normalized spacial score (nSPS) is 14.3. The topological polar surface area (TPSA) is 134 Å². The molecule has 2 unspecified atom stereocenters. The van der Waals surface area contributed by atoms with Crippen molar-refractivity contribution in [1.29, 1.82) is 10.8 Å². The molecule has 3 aromatic rings. The smallest absolute Gasteiger partial charge is 0.122 e. The lowest BCUT2D eigenvalue weighted by atomic mass is 10.1. The summed E-state index contributed by atoms with van der Waals surface area (Å²) in [6.45, 7) is 8.92. The van der Waals surface area contributed by atoms with Gasteiger partial charge in [0.15, 0.2) is 0 Å². The summed E-state index contributed by atoms with van der Waals surface area (Å²) >= 11 is 1.85. The fraction of sp³-hybridized carbons (Fsp3) is 0.395. The Labute approximate surface area is 321 Å². The average molecular weight is 739 g/mol. The highest BCUT2D eigenvalue weighted by Crippen LogP contribution is 2.46. The van der Waals surface area contributed by atoms with E-state index in [1.54, 1.807) is 19.2 Å². The first-order valence-corrected chi connectivity index (χ1v) is 19.5. The van der Waals surface area contributed by atoms with Crippen molar-refractivity contribution >= 4 is 29.5 Å². The van der Waals surface area contributed by atoms with Crippen molar-refractivity contribution in [3.05, 3.63) is 113 Å². The number of ether oxygens (including phenoxy) is 3. The van der Waals surface area contributed by atoms with Gasteiger partial charge in [-0.25, -0.2) is 0 Å². The zero-order valence-corrected chi connectivity index (χ0v) is 32.7. The zero-order chi connectivity index (χ0) is 38.0. The number of anilines is 1. The third-order valence-corrected chi connectivity index (χ3v) is 10.2. The summed E-state index contributed by atoms with van der Waals surface area (Å²) < 4.78 is 16.8. The molecular formula is C43H58N6O3S. The molecule has 0 fully saturated rings. The molecule has 0 aromatic heterocycles. The minimum Gasteiger partial charge on any atom is -0.497 e. The maximum atomic E-state index is 7.34. The summed E-state index contributed by atoms with van der Waals surface area (Å²) in [5.41, 5.74) is 15.6. The number of benzene rings is 3. The van der Waals surface area contributed by atoms with Crippen molar-refractivity contribution in [2.24, 2.45) is 17.4 Å². The largest absolute Gasteiger partial charge is 0.497 e. The van der Waals surface area contributed by atoms with E-state index in [2.05, 4.69) is 73.2 Å². The van der Waals surface area contributed by atoms with Crippen LogP contribution in [0.15, 0.2) is 107 Å². The molecule has 2 aliphatic rings. The van der Waals surface area contributed by atoms with E-state index in [0.29, 0.717) is 30.7 Å². The summed E-state index contributed by atoms with van der Waals surface area (Å²) in [7, 11) is 3.94. The quantitative estimate of drug-likeness (QED) is 0.0546. The number of unbranched alkanes of at least 4 members (excludes halogenated alkanes) is 2. The molecule has 1 heterocycles. The minimum absolute atomic E-state index is 0.0639. The van der Waals surface area contributed by atoms with E-state index in [1.807, 2.05) is 48.2 Å². The molecule has 6 N–H and O–H groups in total. The van der Waals surface area contributed by atoms with Gasteiger partial charge in [-0.05, 0) is 136 Å². The number of nitrogen functional groups attached to an aromatic ring is 1. The number of nitrogens with zero attached hydrogens (tertiary/aromatic N) is 2. The van der Waals surface area contributed by atoms with E-state index >= 15 is 0 Å². The Morgan fingerprint density at radius 2 is 1.58 bits per heavy atom. The predicted octanol–water partition coefficient (Wildman–Crippen LogP) is 8.63. The Hall–Kier alpha value is -4.51. The van der Waals surface area contributed by atoms with Crippen LogP contribution in [-0.2, 0) is 0 Å². The maximum Gasteiger partial charge on any atom is 0.122 e. The highest BCUT2D eigenvalue weighted by molar-refractivity contribution is 8.03. The first kappa shape index (κ1) is 41.2. The number of hydrogen-bond acceptors (Lipinski definition) is 9. The third kappa shape index (κ3) is 13.4. The van der Waals surface area contributed by atoms with Crippen molar-refractivity contribution in [3.63, 3.8) is 0 Å². The van der Waals surface area contributed by atoms with Gasteiger partial charge in [-0.2, -0.15) is 0 Å². The number of fused-ring (bicyclic) bond motifs is 1. The highest BCUT2D eigenvalue weighted by atomic mass is 32.2. The minimum atomic E-state index is 0.0639. The lowest BCUT2D eigenvalue weighted by Gasteiger charge is -2.36. The molecule has 284 valence electrons. The van der Waals surface area contributed by atoms with Gasteiger partial charge in [-0.15, -0.1) is 0 Å². The van der Waals surface area contributed by atoms with Crippen molar-refractivity contribution in [3.8, 4) is 17.2 Å². The Balaban J connectivity index is 0.000000241. The van der Waals surface area contributed by atoms with Crippen LogP contribution in [0.1, 0.15) is 63.5 Å². The van der Waals surface area contributed by atoms with Gasteiger partial charge in [0.05, 0.1) is 31.7 Å². The van der Waals surface area contributed by atoms with E-state index in [0.717, 1.165) is 81.0 Å². The van der Waals surface area contributed by atoms with Gasteiger partial charge >= 0.3 is 0 Å². The van der Waals surface area contributed by atoms with Crippen LogP contribution in [0.4, 0.5) is 5.69 Å². The summed E-state index contributed by atoms with van der Waals surface area (Å²) in [4.78, 5) is 7.51. The Morgan fingerprint density at radius 1 is 0.943 bits per heavy atom. The van der Waals surface area contributed by atoms with Gasteiger partial charge in [-0.1, -0.05) is 37.8 Å². The van der Waals surface area contributed by atoms with Crippen molar-refractivity contribution in [2.45, 2.75) is 63.3 Å². The molecule has 0 saturated heterocycles. The number of hydrogen-bond donors (Lipinski definition) is 4. The molecule has 0 bridgehead atoms. The number of allylic oxidation sites excluding steroid dienone is 4. The fourth-order valence-electron chi connectivity index (χ4n) is 6.01. The summed E-state index contributed by atoms with van der Waals surface area (Å²) in [6.07, 6.45) is 16.4. The number of rotatable bonds is 19.